The maximum Gasteiger partial charge on any atom is 0.253 e. The Morgan fingerprint density at radius 1 is 1.00 bits per heavy atom. The molecule has 0 aromatic heterocycles. The van der Waals surface area contributed by atoms with Crippen LogP contribution in [0.2, 0.25) is 10.0 Å². The largest absolute Gasteiger partial charge is 0.450 e. The molecule has 98 valence electrons. The molecule has 1 heterocycles. The summed E-state index contributed by atoms with van der Waals surface area (Å²) in [6.45, 7) is 0.282. The summed E-state index contributed by atoms with van der Waals surface area (Å²) in [7, 11) is 0. The fourth-order valence-electron chi connectivity index (χ4n) is 2.08. The lowest BCUT2D eigenvalue weighted by Gasteiger charge is -2.10. The van der Waals surface area contributed by atoms with Gasteiger partial charge < -0.3 is 15.2 Å². The van der Waals surface area contributed by atoms with Crippen LogP contribution >= 0.6 is 23.2 Å². The van der Waals surface area contributed by atoms with E-state index in [-0.39, 0.29) is 6.54 Å². The van der Waals surface area contributed by atoms with Gasteiger partial charge in [-0.1, -0.05) is 41.4 Å². The quantitative estimate of drug-likeness (QED) is 0.918. The minimum Gasteiger partial charge on any atom is -0.450 e. The summed E-state index contributed by atoms with van der Waals surface area (Å²) in [4.78, 5) is 0. The maximum atomic E-state index is 6.23. The van der Waals surface area contributed by atoms with E-state index < -0.39 is 6.29 Å². The first kappa shape index (κ1) is 12.6. The lowest BCUT2D eigenvalue weighted by Crippen LogP contribution is -2.27. The van der Waals surface area contributed by atoms with Crippen molar-refractivity contribution in [2.24, 2.45) is 5.73 Å². The van der Waals surface area contributed by atoms with Crippen LogP contribution < -0.4 is 15.2 Å². The number of halogens is 2. The number of fused-ring (bicyclic) bond motifs is 1. The first-order chi connectivity index (χ1) is 9.20. The average Bonchev–Trinajstić information content (AvgIpc) is 2.82. The molecular weight excluding hydrogens is 285 g/mol. The summed E-state index contributed by atoms with van der Waals surface area (Å²) in [5.41, 5.74) is 7.11. The molecule has 0 unspecified atom stereocenters. The summed E-state index contributed by atoms with van der Waals surface area (Å²) >= 11 is 12.5. The third kappa shape index (κ3) is 2.14. The summed E-state index contributed by atoms with van der Waals surface area (Å²) in [6, 6.07) is 11.0. The molecule has 1 aliphatic heterocycles. The van der Waals surface area contributed by atoms with Gasteiger partial charge in [-0.25, -0.2) is 0 Å². The molecule has 2 aromatic rings. The highest BCUT2D eigenvalue weighted by Crippen LogP contribution is 2.46. The van der Waals surface area contributed by atoms with Crippen LogP contribution in [0.15, 0.2) is 36.4 Å². The lowest BCUT2D eigenvalue weighted by molar-refractivity contribution is 0.0583. The second kappa shape index (κ2) is 4.93. The first-order valence-corrected chi connectivity index (χ1v) is 6.57. The summed E-state index contributed by atoms with van der Waals surface area (Å²) < 4.78 is 11.3. The SMILES string of the molecule is NC[C@@H]1Oc2cccc(-c3c(Cl)cccc3Cl)c2O1. The fraction of sp³-hybridized carbons (Fsp3) is 0.143. The highest BCUT2D eigenvalue weighted by molar-refractivity contribution is 6.39. The average molecular weight is 296 g/mol. The van der Waals surface area contributed by atoms with Crippen molar-refractivity contribution in [3.8, 4) is 22.6 Å². The summed E-state index contributed by atoms with van der Waals surface area (Å²) in [6.07, 6.45) is -0.461. The minimum atomic E-state index is -0.461. The van der Waals surface area contributed by atoms with E-state index in [1.54, 1.807) is 18.2 Å². The van der Waals surface area contributed by atoms with E-state index in [4.69, 9.17) is 38.4 Å². The zero-order chi connectivity index (χ0) is 13.4. The van der Waals surface area contributed by atoms with Crippen LogP contribution in [0.4, 0.5) is 0 Å². The van der Waals surface area contributed by atoms with Gasteiger partial charge in [0.1, 0.15) is 0 Å². The van der Waals surface area contributed by atoms with E-state index in [1.807, 2.05) is 18.2 Å². The van der Waals surface area contributed by atoms with Gasteiger partial charge in [-0.15, -0.1) is 0 Å². The highest BCUT2D eigenvalue weighted by atomic mass is 35.5. The van der Waals surface area contributed by atoms with Crippen LogP contribution in [-0.4, -0.2) is 12.8 Å². The molecule has 0 aliphatic carbocycles. The lowest BCUT2D eigenvalue weighted by atomic mass is 10.0. The van der Waals surface area contributed by atoms with Gasteiger partial charge in [0.25, 0.3) is 6.29 Å². The Balaban J connectivity index is 2.16. The van der Waals surface area contributed by atoms with Crippen molar-refractivity contribution < 1.29 is 9.47 Å². The monoisotopic (exact) mass is 295 g/mol. The topological polar surface area (TPSA) is 44.5 Å². The third-order valence-electron chi connectivity index (χ3n) is 2.91. The van der Waals surface area contributed by atoms with Crippen molar-refractivity contribution in [1.82, 2.24) is 0 Å². The van der Waals surface area contributed by atoms with Crippen molar-refractivity contribution in [2.45, 2.75) is 6.29 Å². The summed E-state index contributed by atoms with van der Waals surface area (Å²) in [5, 5.41) is 1.14. The van der Waals surface area contributed by atoms with Crippen LogP contribution in [0.5, 0.6) is 11.5 Å². The van der Waals surface area contributed by atoms with E-state index in [0.717, 1.165) is 11.1 Å². The zero-order valence-electron chi connectivity index (χ0n) is 9.90. The second-order valence-corrected chi connectivity index (χ2v) is 4.94. The first-order valence-electron chi connectivity index (χ1n) is 5.81. The fourth-order valence-corrected chi connectivity index (χ4v) is 2.68. The molecule has 0 spiro atoms. The van der Waals surface area contributed by atoms with Gasteiger partial charge in [-0.2, -0.15) is 0 Å². The van der Waals surface area contributed by atoms with Gasteiger partial charge in [0.05, 0.1) is 16.6 Å². The van der Waals surface area contributed by atoms with Gasteiger partial charge in [0.15, 0.2) is 11.5 Å². The van der Waals surface area contributed by atoms with E-state index in [1.165, 1.54) is 0 Å². The Bertz CT molecular complexity index is 611. The molecule has 0 amide bonds. The van der Waals surface area contributed by atoms with Crippen molar-refractivity contribution in [3.05, 3.63) is 46.4 Å². The molecule has 19 heavy (non-hydrogen) atoms. The highest BCUT2D eigenvalue weighted by Gasteiger charge is 2.27. The number of hydrogen-bond acceptors (Lipinski definition) is 3. The van der Waals surface area contributed by atoms with Gasteiger partial charge >= 0.3 is 0 Å². The molecule has 0 saturated heterocycles. The number of ether oxygens (including phenoxy) is 2. The molecule has 3 rings (SSSR count). The Morgan fingerprint density at radius 3 is 2.37 bits per heavy atom. The third-order valence-corrected chi connectivity index (χ3v) is 3.54. The number of para-hydroxylation sites is 1. The summed E-state index contributed by atoms with van der Waals surface area (Å²) in [5.74, 6) is 1.29. The molecule has 3 nitrogen and oxygen atoms in total. The molecule has 2 N–H and O–H groups in total. The van der Waals surface area contributed by atoms with E-state index in [2.05, 4.69) is 0 Å². The number of benzene rings is 2. The maximum absolute atomic E-state index is 6.23. The molecule has 2 aromatic carbocycles. The van der Waals surface area contributed by atoms with Crippen LogP contribution in [0.3, 0.4) is 0 Å². The van der Waals surface area contributed by atoms with Crippen molar-refractivity contribution in [3.63, 3.8) is 0 Å². The predicted octanol–water partition coefficient (Wildman–Crippen LogP) is 3.72. The molecule has 5 heteroatoms. The Kier molecular flexibility index (Phi) is 3.27. The van der Waals surface area contributed by atoms with Crippen LogP contribution in [0.1, 0.15) is 0 Å². The van der Waals surface area contributed by atoms with Gasteiger partial charge in [-0.3, -0.25) is 0 Å². The molecule has 0 saturated carbocycles. The van der Waals surface area contributed by atoms with Gasteiger partial charge in [-0.05, 0) is 18.2 Å². The normalized spacial score (nSPS) is 16.7. The molecular formula is C14H11Cl2NO2. The van der Waals surface area contributed by atoms with Crippen molar-refractivity contribution >= 4 is 23.2 Å². The van der Waals surface area contributed by atoms with Gasteiger partial charge in [0, 0.05) is 11.1 Å². The number of rotatable bonds is 2. The number of hydrogen-bond donors (Lipinski definition) is 1. The molecule has 0 radical (unpaired) electrons. The van der Waals surface area contributed by atoms with Crippen molar-refractivity contribution in [1.29, 1.82) is 0 Å². The Labute approximate surface area is 120 Å². The standard InChI is InChI=1S/C14H11Cl2NO2/c15-9-4-2-5-10(16)13(9)8-3-1-6-11-14(8)19-12(7-17)18-11/h1-6,12H,7,17H2/t12-/m1/s1. The molecule has 1 aliphatic rings. The van der Waals surface area contributed by atoms with Crippen LogP contribution in [0, 0.1) is 0 Å². The molecule has 1 atom stereocenters. The van der Waals surface area contributed by atoms with Crippen molar-refractivity contribution in [2.75, 3.05) is 6.54 Å². The molecule has 0 bridgehead atoms. The van der Waals surface area contributed by atoms with Crippen LogP contribution in [-0.2, 0) is 0 Å². The van der Waals surface area contributed by atoms with E-state index >= 15 is 0 Å². The minimum absolute atomic E-state index is 0.282. The number of nitrogens with two attached hydrogens (primary N) is 1. The predicted molar refractivity (Wildman–Crippen MR) is 76.0 cm³/mol. The van der Waals surface area contributed by atoms with Gasteiger partial charge in [0.2, 0.25) is 0 Å². The Hall–Kier alpha value is -1.42. The van der Waals surface area contributed by atoms with E-state index in [0.29, 0.717) is 21.5 Å². The van der Waals surface area contributed by atoms with Crippen LogP contribution in [0.25, 0.3) is 11.1 Å². The molecule has 0 fully saturated rings. The Morgan fingerprint density at radius 2 is 1.68 bits per heavy atom. The van der Waals surface area contributed by atoms with E-state index in [9.17, 15) is 0 Å². The smallest absolute Gasteiger partial charge is 0.253 e. The second-order valence-electron chi connectivity index (χ2n) is 4.13. The zero-order valence-corrected chi connectivity index (χ0v) is 11.4.